The summed E-state index contributed by atoms with van der Waals surface area (Å²) in [4.78, 5) is 0. The molecule has 0 aromatic heterocycles. The van der Waals surface area contributed by atoms with Gasteiger partial charge < -0.3 is 4.74 Å². The van der Waals surface area contributed by atoms with Crippen molar-refractivity contribution in [2.45, 2.75) is 71.0 Å². The predicted molar refractivity (Wildman–Crippen MR) is 81.2 cm³/mol. The molecular formula is C18H28O. The van der Waals surface area contributed by atoms with Crippen LogP contribution in [-0.4, -0.2) is 6.10 Å². The van der Waals surface area contributed by atoms with Gasteiger partial charge in [-0.2, -0.15) is 0 Å². The zero-order valence-electron chi connectivity index (χ0n) is 12.7. The molecular weight excluding hydrogens is 232 g/mol. The molecule has 1 saturated carbocycles. The third-order valence-corrected chi connectivity index (χ3v) is 4.28. The fraction of sp³-hybridized carbons (Fsp3) is 0.667. The lowest BCUT2D eigenvalue weighted by Gasteiger charge is -2.37. The molecule has 1 aromatic carbocycles. The van der Waals surface area contributed by atoms with Crippen LogP contribution >= 0.6 is 0 Å². The van der Waals surface area contributed by atoms with Crippen LogP contribution in [-0.2, 0) is 10.3 Å². The first-order valence-electron chi connectivity index (χ1n) is 7.83. The van der Waals surface area contributed by atoms with Crippen molar-refractivity contribution in [1.82, 2.24) is 0 Å². The molecule has 1 heteroatoms. The summed E-state index contributed by atoms with van der Waals surface area (Å²) in [5, 5.41) is 0. The van der Waals surface area contributed by atoms with Crippen molar-refractivity contribution in [3.63, 3.8) is 0 Å². The summed E-state index contributed by atoms with van der Waals surface area (Å²) in [6, 6.07) is 10.8. The summed E-state index contributed by atoms with van der Waals surface area (Å²) in [7, 11) is 0. The Hall–Kier alpha value is -0.820. The Balaban J connectivity index is 2.14. The maximum atomic E-state index is 6.33. The molecule has 0 N–H and O–H groups in total. The van der Waals surface area contributed by atoms with E-state index < -0.39 is 0 Å². The molecule has 19 heavy (non-hydrogen) atoms. The normalized spacial score (nSPS) is 20.4. The number of hydrogen-bond donors (Lipinski definition) is 0. The van der Waals surface area contributed by atoms with Gasteiger partial charge in [0.1, 0.15) is 0 Å². The van der Waals surface area contributed by atoms with Crippen molar-refractivity contribution in [1.29, 1.82) is 0 Å². The Morgan fingerprint density at radius 2 is 1.74 bits per heavy atom. The molecule has 1 fully saturated rings. The highest BCUT2D eigenvalue weighted by Crippen LogP contribution is 2.38. The van der Waals surface area contributed by atoms with Gasteiger partial charge in [-0.05, 0) is 38.7 Å². The molecule has 0 saturated heterocycles. The van der Waals surface area contributed by atoms with Crippen LogP contribution in [0.2, 0.25) is 0 Å². The first kappa shape index (κ1) is 14.6. The maximum Gasteiger partial charge on any atom is 0.0909 e. The first-order valence-corrected chi connectivity index (χ1v) is 7.83. The highest BCUT2D eigenvalue weighted by atomic mass is 16.5. The Bertz CT molecular complexity index is 365. The number of rotatable bonds is 5. The number of ether oxygens (including phenoxy) is 1. The Labute approximate surface area is 118 Å². The quantitative estimate of drug-likeness (QED) is 0.698. The van der Waals surface area contributed by atoms with E-state index in [-0.39, 0.29) is 11.7 Å². The summed E-state index contributed by atoms with van der Waals surface area (Å²) < 4.78 is 6.33. The first-order chi connectivity index (χ1) is 9.10. The summed E-state index contributed by atoms with van der Waals surface area (Å²) in [6.07, 6.45) is 8.41. The Morgan fingerprint density at radius 1 is 1.11 bits per heavy atom. The zero-order chi connectivity index (χ0) is 13.7. The van der Waals surface area contributed by atoms with E-state index in [1.807, 2.05) is 0 Å². The van der Waals surface area contributed by atoms with E-state index in [2.05, 4.69) is 51.1 Å². The van der Waals surface area contributed by atoms with Gasteiger partial charge in [0.15, 0.2) is 0 Å². The van der Waals surface area contributed by atoms with Gasteiger partial charge in [0.05, 0.1) is 11.7 Å². The fourth-order valence-corrected chi connectivity index (χ4v) is 3.49. The van der Waals surface area contributed by atoms with Crippen LogP contribution in [0.3, 0.4) is 0 Å². The second kappa shape index (κ2) is 6.56. The van der Waals surface area contributed by atoms with E-state index in [4.69, 9.17) is 4.74 Å². The molecule has 0 amide bonds. The smallest absolute Gasteiger partial charge is 0.0909 e. The van der Waals surface area contributed by atoms with E-state index in [1.54, 1.807) is 0 Å². The van der Waals surface area contributed by atoms with Gasteiger partial charge in [-0.3, -0.25) is 0 Å². The lowest BCUT2D eigenvalue weighted by Crippen LogP contribution is -2.32. The topological polar surface area (TPSA) is 9.23 Å². The van der Waals surface area contributed by atoms with Gasteiger partial charge >= 0.3 is 0 Å². The third kappa shape index (κ3) is 4.07. The average Bonchev–Trinajstić information content (AvgIpc) is 2.40. The minimum atomic E-state index is -0.128. The zero-order valence-corrected chi connectivity index (χ0v) is 12.7. The standard InChI is InChI=1S/C18H28O/c1-15(2)19-18(3,17-12-8-5-9-13-17)14-16-10-6-4-7-11-16/h5,8-9,12-13,15-16H,4,6-7,10-11,14H2,1-3H3. The van der Waals surface area contributed by atoms with Crippen LogP contribution < -0.4 is 0 Å². The van der Waals surface area contributed by atoms with Crippen LogP contribution in [0.25, 0.3) is 0 Å². The molecule has 0 spiro atoms. The number of benzene rings is 1. The Morgan fingerprint density at radius 3 is 2.32 bits per heavy atom. The summed E-state index contributed by atoms with van der Waals surface area (Å²) in [5.74, 6) is 0.831. The van der Waals surface area contributed by atoms with Gasteiger partial charge in [0.25, 0.3) is 0 Å². The van der Waals surface area contributed by atoms with E-state index >= 15 is 0 Å². The molecule has 106 valence electrons. The molecule has 1 aliphatic carbocycles. The van der Waals surface area contributed by atoms with Gasteiger partial charge in [-0.1, -0.05) is 62.4 Å². The molecule has 1 unspecified atom stereocenters. The lowest BCUT2D eigenvalue weighted by molar-refractivity contribution is -0.0893. The number of hydrogen-bond acceptors (Lipinski definition) is 1. The third-order valence-electron chi connectivity index (χ3n) is 4.28. The van der Waals surface area contributed by atoms with Gasteiger partial charge in [-0.15, -0.1) is 0 Å². The minimum Gasteiger partial charge on any atom is -0.368 e. The molecule has 2 rings (SSSR count). The molecule has 0 radical (unpaired) electrons. The van der Waals surface area contributed by atoms with Crippen LogP contribution in [0.5, 0.6) is 0 Å². The average molecular weight is 260 g/mol. The molecule has 1 aromatic rings. The molecule has 0 heterocycles. The maximum absolute atomic E-state index is 6.33. The predicted octanol–water partition coefficient (Wildman–Crippen LogP) is 5.30. The minimum absolute atomic E-state index is 0.128. The Kier molecular flexibility index (Phi) is 5.04. The largest absolute Gasteiger partial charge is 0.368 e. The molecule has 1 nitrogen and oxygen atoms in total. The van der Waals surface area contributed by atoms with Gasteiger partial charge in [0.2, 0.25) is 0 Å². The van der Waals surface area contributed by atoms with Crippen molar-refractivity contribution >= 4 is 0 Å². The summed E-state index contributed by atoms with van der Waals surface area (Å²) in [5.41, 5.74) is 1.20. The monoisotopic (exact) mass is 260 g/mol. The van der Waals surface area contributed by atoms with Gasteiger partial charge in [-0.25, -0.2) is 0 Å². The SMILES string of the molecule is CC(C)OC(C)(CC1CCCCC1)c1ccccc1. The highest BCUT2D eigenvalue weighted by molar-refractivity contribution is 5.22. The second-order valence-electron chi connectivity index (χ2n) is 6.47. The highest BCUT2D eigenvalue weighted by Gasteiger charge is 2.32. The van der Waals surface area contributed by atoms with E-state index in [0.717, 1.165) is 12.3 Å². The van der Waals surface area contributed by atoms with E-state index in [0.29, 0.717) is 0 Å². The fourth-order valence-electron chi connectivity index (χ4n) is 3.49. The molecule has 1 aliphatic rings. The van der Waals surface area contributed by atoms with E-state index in [1.165, 1.54) is 37.7 Å². The van der Waals surface area contributed by atoms with Crippen molar-refractivity contribution in [2.24, 2.45) is 5.92 Å². The van der Waals surface area contributed by atoms with E-state index in [9.17, 15) is 0 Å². The summed E-state index contributed by atoms with van der Waals surface area (Å²) >= 11 is 0. The van der Waals surface area contributed by atoms with Crippen molar-refractivity contribution in [2.75, 3.05) is 0 Å². The molecule has 0 bridgehead atoms. The van der Waals surface area contributed by atoms with Crippen molar-refractivity contribution in [3.05, 3.63) is 35.9 Å². The second-order valence-corrected chi connectivity index (χ2v) is 6.47. The molecule has 1 atom stereocenters. The lowest BCUT2D eigenvalue weighted by atomic mass is 9.78. The van der Waals surface area contributed by atoms with Crippen LogP contribution in [0.1, 0.15) is 64.9 Å². The van der Waals surface area contributed by atoms with Crippen LogP contribution in [0.15, 0.2) is 30.3 Å². The van der Waals surface area contributed by atoms with Gasteiger partial charge in [0, 0.05) is 0 Å². The van der Waals surface area contributed by atoms with Crippen molar-refractivity contribution in [3.8, 4) is 0 Å². The molecule has 0 aliphatic heterocycles. The van der Waals surface area contributed by atoms with Crippen molar-refractivity contribution < 1.29 is 4.74 Å². The van der Waals surface area contributed by atoms with Crippen LogP contribution in [0, 0.1) is 5.92 Å². The summed E-state index contributed by atoms with van der Waals surface area (Å²) in [6.45, 7) is 6.56. The van der Waals surface area contributed by atoms with Crippen LogP contribution in [0.4, 0.5) is 0 Å².